The summed E-state index contributed by atoms with van der Waals surface area (Å²) in [5.41, 5.74) is -0.427. The average Bonchev–Trinajstić information content (AvgIpc) is 2.05. The summed E-state index contributed by atoms with van der Waals surface area (Å²) < 4.78 is 5.15. The molecule has 3 heteroatoms. The lowest BCUT2D eigenvalue weighted by Gasteiger charge is -2.29. The molecule has 0 bridgehead atoms. The highest BCUT2D eigenvalue weighted by atomic mass is 16.5. The minimum absolute atomic E-state index is 0.0958. The predicted molar refractivity (Wildman–Crippen MR) is 43.4 cm³/mol. The van der Waals surface area contributed by atoms with Crippen LogP contribution < -0.4 is 0 Å². The summed E-state index contributed by atoms with van der Waals surface area (Å²) in [6.07, 6.45) is 1.78. The molecule has 1 aliphatic heterocycles. The Morgan fingerprint density at radius 3 is 2.58 bits per heavy atom. The van der Waals surface area contributed by atoms with Crippen molar-refractivity contribution in [2.75, 3.05) is 13.2 Å². The van der Waals surface area contributed by atoms with Crippen LogP contribution in [0.3, 0.4) is 0 Å². The molecule has 0 saturated carbocycles. The van der Waals surface area contributed by atoms with E-state index in [-0.39, 0.29) is 5.78 Å². The second kappa shape index (κ2) is 3.68. The molecule has 66 valence electrons. The Kier molecular flexibility index (Phi) is 2.83. The van der Waals surface area contributed by atoms with Crippen LogP contribution in [-0.4, -0.2) is 19.0 Å². The first-order chi connectivity index (χ1) is 5.68. The molecule has 0 spiro atoms. The number of carbonyl (C=O) groups excluding carboxylic acids is 1. The molecule has 0 unspecified atom stereocenters. The molecule has 1 rings (SSSR count). The third kappa shape index (κ3) is 2.05. The van der Waals surface area contributed by atoms with E-state index >= 15 is 0 Å². The van der Waals surface area contributed by atoms with E-state index in [4.69, 9.17) is 10.00 Å². The summed E-state index contributed by atoms with van der Waals surface area (Å²) in [7, 11) is 0. The zero-order chi connectivity index (χ0) is 9.03. The van der Waals surface area contributed by atoms with Crippen molar-refractivity contribution in [1.82, 2.24) is 0 Å². The van der Waals surface area contributed by atoms with Gasteiger partial charge in [-0.05, 0) is 19.8 Å². The van der Waals surface area contributed by atoms with Crippen LogP contribution in [0.1, 0.15) is 26.2 Å². The highest BCUT2D eigenvalue weighted by Crippen LogP contribution is 2.33. The Morgan fingerprint density at radius 1 is 1.58 bits per heavy atom. The van der Waals surface area contributed by atoms with Crippen LogP contribution in [0.2, 0.25) is 0 Å². The van der Waals surface area contributed by atoms with Gasteiger partial charge in [-0.25, -0.2) is 0 Å². The molecule has 0 amide bonds. The number of hydrogen-bond donors (Lipinski definition) is 0. The minimum atomic E-state index is -0.427. The fourth-order valence-electron chi connectivity index (χ4n) is 1.57. The van der Waals surface area contributed by atoms with Gasteiger partial charge in [0.1, 0.15) is 5.78 Å². The Balaban J connectivity index is 2.61. The number of rotatable bonds is 2. The summed E-state index contributed by atoms with van der Waals surface area (Å²) in [6, 6.07) is 2.25. The van der Waals surface area contributed by atoms with Gasteiger partial charge < -0.3 is 4.74 Å². The molecule has 1 saturated heterocycles. The van der Waals surface area contributed by atoms with Gasteiger partial charge in [0.15, 0.2) is 0 Å². The zero-order valence-corrected chi connectivity index (χ0v) is 7.30. The van der Waals surface area contributed by atoms with Gasteiger partial charge >= 0.3 is 0 Å². The molecular weight excluding hydrogens is 154 g/mol. The summed E-state index contributed by atoms with van der Waals surface area (Å²) >= 11 is 0. The van der Waals surface area contributed by atoms with Crippen LogP contribution in [0.5, 0.6) is 0 Å². The number of ether oxygens (including phenoxy) is 1. The molecule has 0 aromatic rings. The van der Waals surface area contributed by atoms with Crippen molar-refractivity contribution in [3.63, 3.8) is 0 Å². The first kappa shape index (κ1) is 9.21. The lowest BCUT2D eigenvalue weighted by Crippen LogP contribution is -2.29. The van der Waals surface area contributed by atoms with Crippen LogP contribution in [0.25, 0.3) is 0 Å². The fourth-order valence-corrected chi connectivity index (χ4v) is 1.57. The average molecular weight is 167 g/mol. The van der Waals surface area contributed by atoms with E-state index in [2.05, 4.69) is 6.07 Å². The monoisotopic (exact) mass is 167 g/mol. The summed E-state index contributed by atoms with van der Waals surface area (Å²) in [4.78, 5) is 10.9. The molecule has 12 heavy (non-hydrogen) atoms. The van der Waals surface area contributed by atoms with E-state index in [0.717, 1.165) is 0 Å². The standard InChI is InChI=1S/C9H13NO2/c1-8(11)6-9(7-10)2-4-12-5-3-9/h2-6H2,1H3. The number of nitriles is 1. The number of ketones is 1. The number of carbonyl (C=O) groups is 1. The Bertz CT molecular complexity index is 211. The molecule has 0 aromatic carbocycles. The van der Waals surface area contributed by atoms with Crippen LogP contribution in [-0.2, 0) is 9.53 Å². The van der Waals surface area contributed by atoms with Gasteiger partial charge in [0.05, 0.1) is 11.5 Å². The highest BCUT2D eigenvalue weighted by Gasteiger charge is 2.33. The molecule has 0 N–H and O–H groups in total. The van der Waals surface area contributed by atoms with Gasteiger partial charge in [-0.1, -0.05) is 0 Å². The highest BCUT2D eigenvalue weighted by molar-refractivity contribution is 5.76. The van der Waals surface area contributed by atoms with E-state index in [1.807, 2.05) is 0 Å². The quantitative estimate of drug-likeness (QED) is 0.622. The molecule has 0 aliphatic carbocycles. The largest absolute Gasteiger partial charge is 0.381 e. The SMILES string of the molecule is CC(=O)CC1(C#N)CCOCC1. The summed E-state index contributed by atoms with van der Waals surface area (Å²) in [5, 5.41) is 8.93. The van der Waals surface area contributed by atoms with E-state index in [1.165, 1.54) is 6.92 Å². The van der Waals surface area contributed by atoms with E-state index in [0.29, 0.717) is 32.5 Å². The maximum absolute atomic E-state index is 10.9. The fraction of sp³-hybridized carbons (Fsp3) is 0.778. The van der Waals surface area contributed by atoms with Crippen molar-refractivity contribution in [3.8, 4) is 6.07 Å². The number of nitrogens with zero attached hydrogens (tertiary/aromatic N) is 1. The van der Waals surface area contributed by atoms with Crippen molar-refractivity contribution in [1.29, 1.82) is 5.26 Å². The molecular formula is C9H13NO2. The maximum Gasteiger partial charge on any atom is 0.131 e. The molecule has 1 fully saturated rings. The molecule has 0 radical (unpaired) electrons. The van der Waals surface area contributed by atoms with Gasteiger partial charge in [-0.2, -0.15) is 5.26 Å². The van der Waals surface area contributed by atoms with Gasteiger partial charge in [0, 0.05) is 19.6 Å². The lowest BCUT2D eigenvalue weighted by molar-refractivity contribution is -0.119. The van der Waals surface area contributed by atoms with E-state index < -0.39 is 5.41 Å². The van der Waals surface area contributed by atoms with Crippen LogP contribution in [0, 0.1) is 16.7 Å². The first-order valence-corrected chi connectivity index (χ1v) is 4.17. The predicted octanol–water partition coefficient (Wildman–Crippen LogP) is 1.29. The van der Waals surface area contributed by atoms with Gasteiger partial charge in [-0.15, -0.1) is 0 Å². The third-order valence-corrected chi connectivity index (χ3v) is 2.27. The smallest absolute Gasteiger partial charge is 0.131 e. The Hall–Kier alpha value is -0.880. The van der Waals surface area contributed by atoms with Crippen molar-refractivity contribution >= 4 is 5.78 Å². The minimum Gasteiger partial charge on any atom is -0.381 e. The third-order valence-electron chi connectivity index (χ3n) is 2.27. The zero-order valence-electron chi connectivity index (χ0n) is 7.30. The van der Waals surface area contributed by atoms with Crippen molar-refractivity contribution < 1.29 is 9.53 Å². The second-order valence-electron chi connectivity index (χ2n) is 3.38. The van der Waals surface area contributed by atoms with Crippen LogP contribution in [0.15, 0.2) is 0 Å². The van der Waals surface area contributed by atoms with Gasteiger partial charge in [-0.3, -0.25) is 4.79 Å². The van der Waals surface area contributed by atoms with E-state index in [1.54, 1.807) is 0 Å². The molecule has 0 atom stereocenters. The van der Waals surface area contributed by atoms with Crippen molar-refractivity contribution in [2.45, 2.75) is 26.2 Å². The van der Waals surface area contributed by atoms with Crippen LogP contribution in [0.4, 0.5) is 0 Å². The summed E-state index contributed by atoms with van der Waals surface area (Å²) in [5.74, 6) is 0.0958. The van der Waals surface area contributed by atoms with Gasteiger partial charge in [0.2, 0.25) is 0 Å². The van der Waals surface area contributed by atoms with E-state index in [9.17, 15) is 4.79 Å². The number of Topliss-reactive ketones (excluding diaryl/α,β-unsaturated/α-hetero) is 1. The Labute approximate surface area is 72.3 Å². The van der Waals surface area contributed by atoms with Crippen molar-refractivity contribution in [3.05, 3.63) is 0 Å². The maximum atomic E-state index is 10.9. The summed E-state index contributed by atoms with van der Waals surface area (Å²) in [6.45, 7) is 2.76. The molecule has 1 aliphatic rings. The first-order valence-electron chi connectivity index (χ1n) is 4.17. The van der Waals surface area contributed by atoms with Gasteiger partial charge in [0.25, 0.3) is 0 Å². The topological polar surface area (TPSA) is 50.1 Å². The molecule has 0 aromatic heterocycles. The normalized spacial score (nSPS) is 21.3. The van der Waals surface area contributed by atoms with Crippen molar-refractivity contribution in [2.24, 2.45) is 5.41 Å². The van der Waals surface area contributed by atoms with Crippen LogP contribution >= 0.6 is 0 Å². The molecule has 1 heterocycles. The molecule has 3 nitrogen and oxygen atoms in total. The number of hydrogen-bond acceptors (Lipinski definition) is 3. The second-order valence-corrected chi connectivity index (χ2v) is 3.38. The lowest BCUT2D eigenvalue weighted by atomic mass is 9.78. The Morgan fingerprint density at radius 2 is 2.17 bits per heavy atom.